The van der Waals surface area contributed by atoms with E-state index in [9.17, 15) is 0 Å². The first-order chi connectivity index (χ1) is 13.1. The van der Waals surface area contributed by atoms with Crippen molar-refractivity contribution in [3.05, 3.63) is 53.0 Å². The lowest BCUT2D eigenvalue weighted by Crippen LogP contribution is -2.47. The fourth-order valence-electron chi connectivity index (χ4n) is 3.16. The van der Waals surface area contributed by atoms with E-state index in [1.54, 1.807) is 19.4 Å². The van der Waals surface area contributed by atoms with Crippen molar-refractivity contribution in [2.24, 2.45) is 10.7 Å². The third-order valence-corrected chi connectivity index (χ3v) is 4.91. The summed E-state index contributed by atoms with van der Waals surface area (Å²) in [6.07, 6.45) is 5.33. The Hall–Kier alpha value is -2.44. The zero-order valence-electron chi connectivity index (χ0n) is 15.8. The number of piperazine rings is 1. The number of allylic oxidation sites excluding steroid dienone is 1. The van der Waals surface area contributed by atoms with Gasteiger partial charge < -0.3 is 10.6 Å². The highest BCUT2D eigenvalue weighted by Crippen LogP contribution is 2.28. The highest BCUT2D eigenvalue weighted by molar-refractivity contribution is 6.30. The van der Waals surface area contributed by atoms with Gasteiger partial charge in [-0.05, 0) is 19.1 Å². The van der Waals surface area contributed by atoms with Crippen LogP contribution >= 0.6 is 11.6 Å². The topological polar surface area (TPSA) is 70.6 Å². The van der Waals surface area contributed by atoms with Crippen LogP contribution in [0.3, 0.4) is 0 Å². The van der Waals surface area contributed by atoms with Crippen LogP contribution in [0.4, 0.5) is 5.82 Å². The molecule has 1 aromatic heterocycles. The number of benzene rings is 1. The van der Waals surface area contributed by atoms with Crippen molar-refractivity contribution in [2.45, 2.75) is 6.92 Å². The molecule has 27 heavy (non-hydrogen) atoms. The predicted octanol–water partition coefficient (Wildman–Crippen LogP) is 2.85. The van der Waals surface area contributed by atoms with Gasteiger partial charge in [-0.2, -0.15) is 0 Å². The minimum absolute atomic E-state index is 0.715. The lowest BCUT2D eigenvalue weighted by atomic mass is 10.1. The van der Waals surface area contributed by atoms with Crippen molar-refractivity contribution in [1.29, 1.82) is 0 Å². The summed E-state index contributed by atoms with van der Waals surface area (Å²) in [4.78, 5) is 18.0. The Morgan fingerprint density at radius 1 is 1.15 bits per heavy atom. The fraction of sp³-hybridized carbons (Fsp3) is 0.350. The summed E-state index contributed by atoms with van der Waals surface area (Å²) in [5, 5.41) is 0.715. The zero-order chi connectivity index (χ0) is 19.2. The molecule has 1 aliphatic heterocycles. The molecule has 1 fully saturated rings. The van der Waals surface area contributed by atoms with E-state index in [0.717, 1.165) is 61.1 Å². The Labute approximate surface area is 165 Å². The molecular formula is C20H25ClN6. The predicted molar refractivity (Wildman–Crippen MR) is 112 cm³/mol. The first-order valence-electron chi connectivity index (χ1n) is 9.00. The maximum absolute atomic E-state index is 6.02. The van der Waals surface area contributed by atoms with Gasteiger partial charge in [0, 0.05) is 80.2 Å². The minimum atomic E-state index is 0.715. The maximum atomic E-state index is 6.02. The van der Waals surface area contributed by atoms with Crippen LogP contribution in [0.15, 0.2) is 52.9 Å². The molecule has 2 N–H and O–H groups in total. The van der Waals surface area contributed by atoms with Crippen LogP contribution in [0.25, 0.3) is 11.3 Å². The minimum Gasteiger partial charge on any atom is -0.402 e. The summed E-state index contributed by atoms with van der Waals surface area (Å²) in [7, 11) is 1.77. The Morgan fingerprint density at radius 2 is 1.81 bits per heavy atom. The highest BCUT2D eigenvalue weighted by atomic mass is 35.5. The first-order valence-corrected chi connectivity index (χ1v) is 9.38. The summed E-state index contributed by atoms with van der Waals surface area (Å²) >= 11 is 6.02. The molecule has 1 saturated heterocycles. The second-order valence-corrected chi connectivity index (χ2v) is 7.03. The molecule has 0 bridgehead atoms. The second kappa shape index (κ2) is 8.97. The molecule has 1 aromatic carbocycles. The third kappa shape index (κ3) is 4.84. The number of hydrogen-bond acceptors (Lipinski definition) is 6. The number of nitrogens with zero attached hydrogens (tertiary/aromatic N) is 5. The van der Waals surface area contributed by atoms with Gasteiger partial charge in [0.15, 0.2) is 5.82 Å². The van der Waals surface area contributed by atoms with Crippen molar-refractivity contribution in [1.82, 2.24) is 14.9 Å². The van der Waals surface area contributed by atoms with Crippen molar-refractivity contribution in [3.8, 4) is 11.3 Å². The number of rotatable bonds is 5. The zero-order valence-corrected chi connectivity index (χ0v) is 16.5. The first kappa shape index (κ1) is 19.3. The molecule has 2 heterocycles. The van der Waals surface area contributed by atoms with Crippen LogP contribution < -0.4 is 10.6 Å². The average Bonchev–Trinajstić information content (AvgIpc) is 2.69. The van der Waals surface area contributed by atoms with Gasteiger partial charge in [0.2, 0.25) is 0 Å². The van der Waals surface area contributed by atoms with E-state index in [0.29, 0.717) is 5.02 Å². The molecule has 6 nitrogen and oxygen atoms in total. The van der Waals surface area contributed by atoms with Gasteiger partial charge in [-0.15, -0.1) is 0 Å². The summed E-state index contributed by atoms with van der Waals surface area (Å²) in [6, 6.07) is 7.73. The van der Waals surface area contributed by atoms with Crippen LogP contribution in [-0.2, 0) is 0 Å². The molecule has 7 heteroatoms. The number of anilines is 1. The number of halogens is 1. The SMILES string of the molecule is CN=C/C(CN1CCN(c2nccnc2-c2ccc(Cl)cc2)CC1)=C(/C)N. The van der Waals surface area contributed by atoms with Crippen LogP contribution in [-0.4, -0.2) is 60.9 Å². The van der Waals surface area contributed by atoms with E-state index in [1.165, 1.54) is 0 Å². The van der Waals surface area contributed by atoms with Crippen molar-refractivity contribution in [2.75, 3.05) is 44.7 Å². The van der Waals surface area contributed by atoms with E-state index in [4.69, 9.17) is 17.3 Å². The van der Waals surface area contributed by atoms with E-state index in [-0.39, 0.29) is 0 Å². The van der Waals surface area contributed by atoms with E-state index in [2.05, 4.69) is 24.8 Å². The molecule has 0 spiro atoms. The molecule has 0 unspecified atom stereocenters. The normalized spacial score (nSPS) is 16.6. The van der Waals surface area contributed by atoms with Crippen molar-refractivity contribution in [3.63, 3.8) is 0 Å². The van der Waals surface area contributed by atoms with Gasteiger partial charge in [-0.1, -0.05) is 23.7 Å². The molecule has 0 aliphatic carbocycles. The molecule has 2 aromatic rings. The quantitative estimate of drug-likeness (QED) is 0.802. The molecule has 3 rings (SSSR count). The fourth-order valence-corrected chi connectivity index (χ4v) is 3.28. The summed E-state index contributed by atoms with van der Waals surface area (Å²) in [6.45, 7) is 6.39. The van der Waals surface area contributed by atoms with Crippen molar-refractivity contribution < 1.29 is 0 Å². The van der Waals surface area contributed by atoms with Crippen LogP contribution in [0, 0.1) is 0 Å². The smallest absolute Gasteiger partial charge is 0.155 e. The Balaban J connectivity index is 1.72. The molecule has 0 amide bonds. The van der Waals surface area contributed by atoms with Gasteiger partial charge in [0.1, 0.15) is 5.69 Å². The number of hydrogen-bond donors (Lipinski definition) is 1. The van der Waals surface area contributed by atoms with Gasteiger partial charge in [0.05, 0.1) is 0 Å². The standard InChI is InChI=1S/C20H25ClN6/c1-15(22)17(13-23-2)14-26-9-11-27(12-10-26)20-19(24-7-8-25-20)16-3-5-18(21)6-4-16/h3-8,13H,9-12,14,22H2,1-2H3/b17-15+,23-13?. The molecule has 142 valence electrons. The summed E-state index contributed by atoms with van der Waals surface area (Å²) in [5.74, 6) is 0.917. The third-order valence-electron chi connectivity index (χ3n) is 4.65. The average molecular weight is 385 g/mol. The van der Waals surface area contributed by atoms with E-state index < -0.39 is 0 Å². The maximum Gasteiger partial charge on any atom is 0.155 e. The largest absolute Gasteiger partial charge is 0.402 e. The Kier molecular flexibility index (Phi) is 6.42. The van der Waals surface area contributed by atoms with Crippen molar-refractivity contribution >= 4 is 23.6 Å². The number of nitrogens with two attached hydrogens (primary N) is 1. The van der Waals surface area contributed by atoms with Gasteiger partial charge in [0.25, 0.3) is 0 Å². The molecule has 0 radical (unpaired) electrons. The molecule has 0 atom stereocenters. The van der Waals surface area contributed by atoms with Crippen LogP contribution in [0.1, 0.15) is 6.92 Å². The van der Waals surface area contributed by atoms with Crippen LogP contribution in [0.2, 0.25) is 5.02 Å². The number of aromatic nitrogens is 2. The van der Waals surface area contributed by atoms with Crippen LogP contribution in [0.5, 0.6) is 0 Å². The van der Waals surface area contributed by atoms with Gasteiger partial charge >= 0.3 is 0 Å². The Bertz CT molecular complexity index is 819. The molecule has 0 saturated carbocycles. The van der Waals surface area contributed by atoms with Gasteiger partial charge in [-0.3, -0.25) is 14.9 Å². The van der Waals surface area contributed by atoms with E-state index >= 15 is 0 Å². The monoisotopic (exact) mass is 384 g/mol. The lowest BCUT2D eigenvalue weighted by molar-refractivity contribution is 0.280. The van der Waals surface area contributed by atoms with E-state index in [1.807, 2.05) is 37.4 Å². The lowest BCUT2D eigenvalue weighted by Gasteiger charge is -2.36. The van der Waals surface area contributed by atoms with Gasteiger partial charge in [-0.25, -0.2) is 4.98 Å². The highest BCUT2D eigenvalue weighted by Gasteiger charge is 2.22. The molecule has 1 aliphatic rings. The second-order valence-electron chi connectivity index (χ2n) is 6.59. The molecular weight excluding hydrogens is 360 g/mol. The summed E-state index contributed by atoms with van der Waals surface area (Å²) in [5.41, 5.74) is 9.78. The number of aliphatic imine (C=N–C) groups is 1. The summed E-state index contributed by atoms with van der Waals surface area (Å²) < 4.78 is 0. The Morgan fingerprint density at radius 3 is 2.44 bits per heavy atom.